The Morgan fingerprint density at radius 1 is 0.978 bits per heavy atom. The molecular formula is C34H31Br2ClN2O6S. The molecule has 0 unspecified atom stereocenters. The molecule has 1 aliphatic heterocycles. The number of halogens is 3. The van der Waals surface area contributed by atoms with Crippen LogP contribution in [0.5, 0.6) is 17.2 Å². The van der Waals surface area contributed by atoms with Crippen LogP contribution in [0, 0.1) is 0 Å². The van der Waals surface area contributed by atoms with E-state index in [1.54, 1.807) is 30.6 Å². The third-order valence-corrected chi connectivity index (χ3v) is 9.58. The second kappa shape index (κ2) is 15.0. The van der Waals surface area contributed by atoms with Crippen molar-refractivity contribution >= 4 is 66.8 Å². The van der Waals surface area contributed by atoms with Crippen LogP contribution in [0.25, 0.3) is 6.08 Å². The van der Waals surface area contributed by atoms with Gasteiger partial charge in [-0.2, -0.15) is 0 Å². The van der Waals surface area contributed by atoms with Crippen molar-refractivity contribution in [1.29, 1.82) is 0 Å². The summed E-state index contributed by atoms with van der Waals surface area (Å²) in [5.74, 6) is 1.17. The molecule has 0 bridgehead atoms. The Kier molecular flexibility index (Phi) is 11.1. The number of allylic oxidation sites excluding steroid dienone is 1. The summed E-state index contributed by atoms with van der Waals surface area (Å²) in [7, 11) is 0. The van der Waals surface area contributed by atoms with Gasteiger partial charge in [0, 0.05) is 10.6 Å². The predicted octanol–water partition coefficient (Wildman–Crippen LogP) is 7.35. The monoisotopic (exact) mass is 788 g/mol. The fourth-order valence-corrected chi connectivity index (χ4v) is 7.75. The van der Waals surface area contributed by atoms with Gasteiger partial charge in [-0.15, -0.1) is 0 Å². The molecule has 4 aromatic rings. The summed E-state index contributed by atoms with van der Waals surface area (Å²) >= 11 is 14.8. The molecule has 0 radical (unpaired) electrons. The highest BCUT2D eigenvalue weighted by molar-refractivity contribution is 9.11. The summed E-state index contributed by atoms with van der Waals surface area (Å²) in [4.78, 5) is 32.6. The second-order valence-corrected chi connectivity index (χ2v) is 13.2. The van der Waals surface area contributed by atoms with Crippen molar-refractivity contribution in [2.24, 2.45) is 4.99 Å². The van der Waals surface area contributed by atoms with Gasteiger partial charge in [-0.25, -0.2) is 9.79 Å². The molecule has 2 heterocycles. The van der Waals surface area contributed by atoms with Gasteiger partial charge in [0.25, 0.3) is 5.56 Å². The lowest BCUT2D eigenvalue weighted by molar-refractivity contribution is -0.139. The van der Waals surface area contributed by atoms with Gasteiger partial charge in [-0.1, -0.05) is 47.2 Å². The molecule has 0 amide bonds. The molecule has 0 fully saturated rings. The summed E-state index contributed by atoms with van der Waals surface area (Å²) in [5, 5.41) is 0.626. The van der Waals surface area contributed by atoms with Crippen LogP contribution in [0.4, 0.5) is 0 Å². The third-order valence-electron chi connectivity index (χ3n) is 7.05. The SMILES string of the molecule is CCOC(=O)C1=C(C)N=c2s/c(=C\c3cc(Br)c(OCc4ccccc4Cl)c(Br)c3)c(=O)n2[C@H]1c1ccc(OCC)c(OCC)c1. The maximum Gasteiger partial charge on any atom is 0.338 e. The average Bonchev–Trinajstić information content (AvgIpc) is 3.31. The Morgan fingerprint density at radius 3 is 2.35 bits per heavy atom. The van der Waals surface area contributed by atoms with Gasteiger partial charge in [-0.3, -0.25) is 9.36 Å². The minimum atomic E-state index is -0.786. The second-order valence-electron chi connectivity index (χ2n) is 10.1. The first-order valence-electron chi connectivity index (χ1n) is 14.6. The van der Waals surface area contributed by atoms with E-state index < -0.39 is 12.0 Å². The Labute approximate surface area is 292 Å². The van der Waals surface area contributed by atoms with Crippen molar-refractivity contribution in [2.75, 3.05) is 19.8 Å². The highest BCUT2D eigenvalue weighted by Gasteiger charge is 2.34. The molecule has 0 spiro atoms. The minimum Gasteiger partial charge on any atom is -0.490 e. The number of carbonyl (C=O) groups excluding carboxylic acids is 1. The highest BCUT2D eigenvalue weighted by Crippen LogP contribution is 2.38. The maximum atomic E-state index is 14.1. The van der Waals surface area contributed by atoms with Crippen LogP contribution in [-0.4, -0.2) is 30.4 Å². The smallest absolute Gasteiger partial charge is 0.338 e. The Morgan fingerprint density at radius 2 is 1.67 bits per heavy atom. The maximum absolute atomic E-state index is 14.1. The van der Waals surface area contributed by atoms with E-state index in [1.807, 2.05) is 62.4 Å². The number of hydrogen-bond donors (Lipinski definition) is 0. The third kappa shape index (κ3) is 7.12. The van der Waals surface area contributed by atoms with Crippen LogP contribution >= 0.6 is 54.8 Å². The lowest BCUT2D eigenvalue weighted by Crippen LogP contribution is -2.40. The molecule has 0 N–H and O–H groups in total. The fourth-order valence-electron chi connectivity index (χ4n) is 5.06. The zero-order valence-electron chi connectivity index (χ0n) is 25.6. The van der Waals surface area contributed by atoms with Gasteiger partial charge < -0.3 is 18.9 Å². The molecule has 0 aliphatic carbocycles. The minimum absolute atomic E-state index is 0.183. The number of nitrogens with zero attached hydrogens (tertiary/aromatic N) is 2. The molecule has 1 atom stereocenters. The van der Waals surface area contributed by atoms with Crippen molar-refractivity contribution in [1.82, 2.24) is 4.57 Å². The summed E-state index contributed by atoms with van der Waals surface area (Å²) in [6.07, 6.45) is 1.79. The Bertz CT molecular complexity index is 1980. The van der Waals surface area contributed by atoms with Gasteiger partial charge >= 0.3 is 5.97 Å². The van der Waals surface area contributed by atoms with Crippen LogP contribution in [0.15, 0.2) is 84.6 Å². The Balaban J connectivity index is 1.59. The molecule has 1 aliphatic rings. The molecule has 3 aromatic carbocycles. The normalized spacial score (nSPS) is 14.5. The topological polar surface area (TPSA) is 88.4 Å². The highest BCUT2D eigenvalue weighted by atomic mass is 79.9. The van der Waals surface area contributed by atoms with Crippen LogP contribution < -0.4 is 29.1 Å². The molecule has 0 saturated heterocycles. The van der Waals surface area contributed by atoms with E-state index in [9.17, 15) is 9.59 Å². The largest absolute Gasteiger partial charge is 0.490 e. The lowest BCUT2D eigenvalue weighted by Gasteiger charge is -2.25. The molecule has 8 nitrogen and oxygen atoms in total. The molecule has 240 valence electrons. The molecule has 46 heavy (non-hydrogen) atoms. The van der Waals surface area contributed by atoms with Gasteiger partial charge in [0.15, 0.2) is 16.3 Å². The van der Waals surface area contributed by atoms with Gasteiger partial charge in [0.2, 0.25) is 0 Å². The number of esters is 1. The fraction of sp³-hybridized carbons (Fsp3) is 0.265. The van der Waals surface area contributed by atoms with Crippen molar-refractivity contribution in [3.05, 3.63) is 116 Å². The van der Waals surface area contributed by atoms with E-state index in [0.29, 0.717) is 65.0 Å². The van der Waals surface area contributed by atoms with E-state index in [2.05, 4.69) is 36.9 Å². The first kappa shape index (κ1) is 34.0. The van der Waals surface area contributed by atoms with Crippen LogP contribution in [0.1, 0.15) is 50.4 Å². The zero-order valence-corrected chi connectivity index (χ0v) is 30.3. The summed E-state index contributed by atoms with van der Waals surface area (Å²) in [6.45, 7) is 8.62. The van der Waals surface area contributed by atoms with Gasteiger partial charge in [0.05, 0.1) is 50.6 Å². The molecule has 12 heteroatoms. The zero-order chi connectivity index (χ0) is 33.0. The Hall–Kier alpha value is -3.38. The number of carbonyl (C=O) groups is 1. The molecule has 0 saturated carbocycles. The van der Waals surface area contributed by atoms with Crippen LogP contribution in [0.3, 0.4) is 0 Å². The number of ether oxygens (including phenoxy) is 4. The van der Waals surface area contributed by atoms with Gasteiger partial charge in [-0.05, 0) is 107 Å². The predicted molar refractivity (Wildman–Crippen MR) is 187 cm³/mol. The van der Waals surface area contributed by atoms with E-state index in [1.165, 1.54) is 11.3 Å². The summed E-state index contributed by atoms with van der Waals surface area (Å²) in [6, 6.07) is 15.9. The number of rotatable bonds is 11. The van der Waals surface area contributed by atoms with Crippen molar-refractivity contribution < 1.29 is 23.7 Å². The van der Waals surface area contributed by atoms with Crippen molar-refractivity contribution in [2.45, 2.75) is 40.3 Å². The molecular weight excluding hydrogens is 760 g/mol. The first-order chi connectivity index (χ1) is 22.2. The number of thiazole rings is 1. The number of hydrogen-bond acceptors (Lipinski definition) is 8. The quantitative estimate of drug-likeness (QED) is 0.148. The van der Waals surface area contributed by atoms with Crippen LogP contribution in [-0.2, 0) is 16.1 Å². The summed E-state index contributed by atoms with van der Waals surface area (Å²) in [5.41, 5.74) is 2.77. The first-order valence-corrected chi connectivity index (χ1v) is 17.4. The molecule has 5 rings (SSSR count). The van der Waals surface area contributed by atoms with E-state index in [0.717, 1.165) is 11.1 Å². The number of benzene rings is 3. The summed E-state index contributed by atoms with van der Waals surface area (Å²) < 4.78 is 26.5. The number of aromatic nitrogens is 1. The van der Waals surface area contributed by atoms with E-state index >= 15 is 0 Å². The van der Waals surface area contributed by atoms with E-state index in [-0.39, 0.29) is 24.3 Å². The van der Waals surface area contributed by atoms with Crippen molar-refractivity contribution in [3.63, 3.8) is 0 Å². The number of fused-ring (bicyclic) bond motifs is 1. The van der Waals surface area contributed by atoms with Crippen molar-refractivity contribution in [3.8, 4) is 17.2 Å². The van der Waals surface area contributed by atoms with Gasteiger partial charge in [0.1, 0.15) is 12.4 Å². The van der Waals surface area contributed by atoms with Crippen LogP contribution in [0.2, 0.25) is 5.02 Å². The molecule has 1 aromatic heterocycles. The average molecular weight is 791 g/mol. The lowest BCUT2D eigenvalue weighted by atomic mass is 9.95. The standard InChI is InChI=1S/C34H31Br2ClN2O6S/c1-5-42-26-13-12-21(17-27(26)43-6-2)30-29(33(41)44-7-3)19(4)38-34-39(30)32(40)28(46-34)16-20-14-23(35)31(24(36)15-20)45-18-22-10-8-9-11-25(22)37/h8-17,30H,5-7,18H2,1-4H3/b28-16-/t30-/m0/s1. The van der Waals surface area contributed by atoms with E-state index in [4.69, 9.17) is 30.5 Å².